The summed E-state index contributed by atoms with van der Waals surface area (Å²) in [6.07, 6.45) is 12.0. The van der Waals surface area contributed by atoms with Crippen molar-refractivity contribution in [3.63, 3.8) is 0 Å². The topological polar surface area (TPSA) is 104 Å². The third-order valence-electron chi connectivity index (χ3n) is 8.32. The van der Waals surface area contributed by atoms with E-state index in [-0.39, 0.29) is 29.2 Å². The molecule has 6 rings (SSSR count). The van der Waals surface area contributed by atoms with Crippen molar-refractivity contribution in [3.8, 4) is 0 Å². The number of hydrogen-bond donors (Lipinski definition) is 3. The number of benzene rings is 1. The van der Waals surface area contributed by atoms with Gasteiger partial charge in [0.2, 0.25) is 21.8 Å². The molecule has 0 radical (unpaired) electrons. The number of rotatable bonds is 7. The average Bonchev–Trinajstić information content (AvgIpc) is 2.76. The van der Waals surface area contributed by atoms with E-state index in [0.29, 0.717) is 6.42 Å². The summed E-state index contributed by atoms with van der Waals surface area (Å²) in [5.74, 6) is 1.80. The summed E-state index contributed by atoms with van der Waals surface area (Å²) in [6.45, 7) is -0.0178. The Labute approximate surface area is 196 Å². The van der Waals surface area contributed by atoms with Crippen LogP contribution in [0.2, 0.25) is 0 Å². The van der Waals surface area contributed by atoms with E-state index in [9.17, 15) is 18.0 Å². The van der Waals surface area contributed by atoms with Gasteiger partial charge in [-0.1, -0.05) is 6.07 Å². The van der Waals surface area contributed by atoms with Crippen LogP contribution >= 0.6 is 0 Å². The first-order chi connectivity index (χ1) is 15.8. The van der Waals surface area contributed by atoms with E-state index in [0.717, 1.165) is 68.3 Å². The van der Waals surface area contributed by atoms with Crippen molar-refractivity contribution in [1.82, 2.24) is 15.6 Å². The van der Waals surface area contributed by atoms with Crippen LogP contribution in [-0.2, 0) is 32.5 Å². The fourth-order valence-electron chi connectivity index (χ4n) is 7.35. The zero-order chi connectivity index (χ0) is 23.1. The highest BCUT2D eigenvalue weighted by atomic mass is 32.2. The van der Waals surface area contributed by atoms with Crippen molar-refractivity contribution in [2.45, 2.75) is 81.9 Å². The molecular formula is C25H35N3O4S. The smallest absolute Gasteiger partial charge is 0.240 e. The third-order valence-corrected chi connectivity index (χ3v) is 9.78. The molecule has 0 unspecified atom stereocenters. The van der Waals surface area contributed by atoms with Gasteiger partial charge in [0.15, 0.2) is 0 Å². The first kappa shape index (κ1) is 22.8. The molecule has 0 atom stereocenters. The van der Waals surface area contributed by atoms with Crippen LogP contribution in [0, 0.1) is 23.2 Å². The SMILES string of the molecule is O=C(CCNS(=O)(=O)c1ccc2c(c1)CCCC2)NNC(=O)CC12CC3CC(CC(C3)C1)C2. The highest BCUT2D eigenvalue weighted by molar-refractivity contribution is 7.89. The summed E-state index contributed by atoms with van der Waals surface area (Å²) in [5, 5.41) is 0. The summed E-state index contributed by atoms with van der Waals surface area (Å²) < 4.78 is 27.7. The van der Waals surface area contributed by atoms with E-state index in [4.69, 9.17) is 0 Å². The lowest BCUT2D eigenvalue weighted by Gasteiger charge is -2.56. The average molecular weight is 474 g/mol. The molecule has 1 aromatic rings. The Kier molecular flexibility index (Phi) is 6.25. The number of nitrogens with one attached hydrogen (secondary N) is 3. The fraction of sp³-hybridized carbons (Fsp3) is 0.680. The van der Waals surface area contributed by atoms with Gasteiger partial charge in [-0.2, -0.15) is 0 Å². The quantitative estimate of drug-likeness (QED) is 0.530. The lowest BCUT2D eigenvalue weighted by molar-refractivity contribution is -0.134. The molecule has 5 aliphatic carbocycles. The summed E-state index contributed by atoms with van der Waals surface area (Å²) in [4.78, 5) is 24.9. The predicted molar refractivity (Wildman–Crippen MR) is 124 cm³/mol. The van der Waals surface area contributed by atoms with E-state index >= 15 is 0 Å². The normalized spacial score (nSPS) is 30.0. The molecule has 0 aromatic heterocycles. The minimum atomic E-state index is -3.67. The Balaban J connectivity index is 1.06. The Morgan fingerprint density at radius 2 is 1.48 bits per heavy atom. The van der Waals surface area contributed by atoms with Crippen LogP contribution in [0.25, 0.3) is 0 Å². The van der Waals surface area contributed by atoms with Crippen LogP contribution in [0.4, 0.5) is 0 Å². The van der Waals surface area contributed by atoms with E-state index in [1.807, 2.05) is 6.07 Å². The molecule has 0 spiro atoms. The number of carbonyl (C=O) groups excluding carboxylic acids is 2. The Morgan fingerprint density at radius 3 is 2.15 bits per heavy atom. The van der Waals surface area contributed by atoms with Gasteiger partial charge in [-0.3, -0.25) is 20.4 Å². The molecule has 0 saturated heterocycles. The highest BCUT2D eigenvalue weighted by Gasteiger charge is 2.51. The summed E-state index contributed by atoms with van der Waals surface area (Å²) in [7, 11) is -3.67. The van der Waals surface area contributed by atoms with Crippen LogP contribution < -0.4 is 15.6 Å². The van der Waals surface area contributed by atoms with Crippen LogP contribution in [0.15, 0.2) is 23.1 Å². The number of carbonyl (C=O) groups is 2. The summed E-state index contributed by atoms with van der Waals surface area (Å²) in [6, 6.07) is 5.29. The van der Waals surface area contributed by atoms with Crippen LogP contribution in [0.3, 0.4) is 0 Å². The zero-order valence-corrected chi connectivity index (χ0v) is 20.0. The van der Waals surface area contributed by atoms with Crippen LogP contribution in [0.5, 0.6) is 0 Å². The van der Waals surface area contributed by atoms with Crippen LogP contribution in [-0.4, -0.2) is 26.8 Å². The monoisotopic (exact) mass is 473 g/mol. The second-order valence-electron chi connectivity index (χ2n) is 11.0. The largest absolute Gasteiger partial charge is 0.273 e. The van der Waals surface area contributed by atoms with Gasteiger partial charge in [0.05, 0.1) is 4.90 Å². The molecule has 180 valence electrons. The number of aryl methyl sites for hydroxylation is 2. The number of hydrazine groups is 1. The molecule has 4 fully saturated rings. The second kappa shape index (κ2) is 9.02. The molecule has 2 amide bonds. The molecule has 0 aliphatic heterocycles. The number of sulfonamides is 1. The molecule has 7 nitrogen and oxygen atoms in total. The fourth-order valence-corrected chi connectivity index (χ4v) is 8.43. The molecule has 8 heteroatoms. The second-order valence-corrected chi connectivity index (χ2v) is 12.7. The van der Waals surface area contributed by atoms with Gasteiger partial charge in [0.1, 0.15) is 0 Å². The van der Waals surface area contributed by atoms with E-state index < -0.39 is 15.9 Å². The van der Waals surface area contributed by atoms with Gasteiger partial charge >= 0.3 is 0 Å². The Morgan fingerprint density at radius 1 is 0.879 bits per heavy atom. The molecule has 5 aliphatic rings. The third kappa shape index (κ3) is 5.11. The Hall–Kier alpha value is -1.93. The summed E-state index contributed by atoms with van der Waals surface area (Å²) >= 11 is 0. The molecule has 4 saturated carbocycles. The molecule has 0 heterocycles. The lowest BCUT2D eigenvalue weighted by atomic mass is 9.49. The van der Waals surface area contributed by atoms with E-state index in [2.05, 4.69) is 15.6 Å². The highest BCUT2D eigenvalue weighted by Crippen LogP contribution is 2.61. The van der Waals surface area contributed by atoms with Gasteiger partial charge in [-0.25, -0.2) is 13.1 Å². The standard InChI is InChI=1S/C25H35N3O4S/c29-23(7-8-26-33(31,32)22-6-5-20-3-1-2-4-21(20)12-22)27-28-24(30)16-25-13-17-9-18(14-25)11-19(10-17)15-25/h5-6,12,17-19,26H,1-4,7-11,13-16H2,(H,27,29)(H,28,30). The maximum atomic E-state index is 12.6. The molecule has 33 heavy (non-hydrogen) atoms. The molecule has 4 bridgehead atoms. The number of fused-ring (bicyclic) bond motifs is 1. The van der Waals surface area contributed by atoms with Crippen molar-refractivity contribution in [1.29, 1.82) is 0 Å². The molecule has 3 N–H and O–H groups in total. The van der Waals surface area contributed by atoms with Crippen molar-refractivity contribution in [3.05, 3.63) is 29.3 Å². The number of amides is 2. The first-order valence-corrected chi connectivity index (χ1v) is 14.0. The van der Waals surface area contributed by atoms with Crippen molar-refractivity contribution in [2.24, 2.45) is 23.2 Å². The van der Waals surface area contributed by atoms with Crippen molar-refractivity contribution in [2.75, 3.05) is 6.54 Å². The van der Waals surface area contributed by atoms with Crippen LogP contribution in [0.1, 0.15) is 75.3 Å². The van der Waals surface area contributed by atoms with Gasteiger partial charge < -0.3 is 0 Å². The van der Waals surface area contributed by atoms with E-state index in [1.165, 1.54) is 24.8 Å². The predicted octanol–water partition coefficient (Wildman–Crippen LogP) is 2.99. The molecular weight excluding hydrogens is 438 g/mol. The van der Waals surface area contributed by atoms with Gasteiger partial charge in [0.25, 0.3) is 0 Å². The maximum absolute atomic E-state index is 12.6. The first-order valence-electron chi connectivity index (χ1n) is 12.5. The minimum Gasteiger partial charge on any atom is -0.273 e. The minimum absolute atomic E-state index is 0.0178. The van der Waals surface area contributed by atoms with Gasteiger partial charge in [0, 0.05) is 19.4 Å². The molecule has 1 aromatic carbocycles. The number of hydrogen-bond acceptors (Lipinski definition) is 4. The van der Waals surface area contributed by atoms with E-state index in [1.54, 1.807) is 12.1 Å². The van der Waals surface area contributed by atoms with Crippen molar-refractivity contribution >= 4 is 21.8 Å². The van der Waals surface area contributed by atoms with Gasteiger partial charge in [-0.15, -0.1) is 0 Å². The zero-order valence-electron chi connectivity index (χ0n) is 19.2. The maximum Gasteiger partial charge on any atom is 0.240 e. The van der Waals surface area contributed by atoms with Crippen molar-refractivity contribution < 1.29 is 18.0 Å². The van der Waals surface area contributed by atoms with Gasteiger partial charge in [-0.05, 0) is 111 Å². The lowest BCUT2D eigenvalue weighted by Crippen LogP contribution is -2.50. The summed E-state index contributed by atoms with van der Waals surface area (Å²) in [5.41, 5.74) is 7.46. The Bertz CT molecular complexity index is 1000.